The molecule has 0 unspecified atom stereocenters. The van der Waals surface area contributed by atoms with Crippen LogP contribution in [0.1, 0.15) is 16.7 Å². The largest absolute Gasteiger partial charge is 0.258 e. The molecule has 22 heavy (non-hydrogen) atoms. The SMILES string of the molecule is Cc1cc(C)cc(-c2c(Br)c(Br)nn2Cc2ccccc2)c1. The van der Waals surface area contributed by atoms with Gasteiger partial charge in [0, 0.05) is 5.56 Å². The van der Waals surface area contributed by atoms with Gasteiger partial charge in [-0.15, -0.1) is 0 Å². The highest BCUT2D eigenvalue weighted by Crippen LogP contribution is 2.35. The molecule has 3 aromatic rings. The predicted octanol–water partition coefficient (Wildman–Crippen LogP) is 5.74. The summed E-state index contributed by atoms with van der Waals surface area (Å²) in [7, 11) is 0. The monoisotopic (exact) mass is 418 g/mol. The fourth-order valence-electron chi connectivity index (χ4n) is 2.67. The molecule has 0 saturated carbocycles. The van der Waals surface area contributed by atoms with Gasteiger partial charge in [0.15, 0.2) is 0 Å². The fourth-order valence-corrected chi connectivity index (χ4v) is 3.56. The number of nitrogens with zero attached hydrogens (tertiary/aromatic N) is 2. The Balaban J connectivity index is 2.10. The Hall–Kier alpha value is -1.39. The summed E-state index contributed by atoms with van der Waals surface area (Å²) in [6.45, 7) is 4.99. The maximum atomic E-state index is 4.63. The van der Waals surface area contributed by atoms with Crippen molar-refractivity contribution >= 4 is 31.9 Å². The van der Waals surface area contributed by atoms with Crippen molar-refractivity contribution in [3.05, 3.63) is 74.3 Å². The number of benzene rings is 2. The number of hydrogen-bond donors (Lipinski definition) is 0. The molecule has 0 saturated heterocycles. The van der Waals surface area contributed by atoms with Crippen molar-refractivity contribution in [2.75, 3.05) is 0 Å². The molecule has 1 heterocycles. The number of aryl methyl sites for hydroxylation is 2. The summed E-state index contributed by atoms with van der Waals surface area (Å²) in [5.74, 6) is 0. The molecule has 2 nitrogen and oxygen atoms in total. The molecule has 2 aromatic carbocycles. The van der Waals surface area contributed by atoms with Crippen LogP contribution < -0.4 is 0 Å². The van der Waals surface area contributed by atoms with E-state index in [9.17, 15) is 0 Å². The third-order valence-corrected chi connectivity index (χ3v) is 5.36. The van der Waals surface area contributed by atoms with Gasteiger partial charge in [0.2, 0.25) is 0 Å². The maximum Gasteiger partial charge on any atom is 0.143 e. The molecule has 1 aromatic heterocycles. The number of rotatable bonds is 3. The first kappa shape index (κ1) is 15.5. The van der Waals surface area contributed by atoms with E-state index >= 15 is 0 Å². The average Bonchev–Trinajstić information content (AvgIpc) is 2.74. The van der Waals surface area contributed by atoms with Crippen LogP contribution in [-0.2, 0) is 6.54 Å². The molecule has 0 aliphatic heterocycles. The van der Waals surface area contributed by atoms with Crippen molar-refractivity contribution in [2.45, 2.75) is 20.4 Å². The molecule has 0 bridgehead atoms. The first-order valence-electron chi connectivity index (χ1n) is 7.09. The lowest BCUT2D eigenvalue weighted by molar-refractivity contribution is 0.689. The molecule has 0 radical (unpaired) electrons. The standard InChI is InChI=1S/C18H16Br2N2/c1-12-8-13(2)10-15(9-12)17-16(19)18(20)21-22(17)11-14-6-4-3-5-7-14/h3-10H,11H2,1-2H3. The van der Waals surface area contributed by atoms with Gasteiger partial charge in [-0.1, -0.05) is 47.5 Å². The van der Waals surface area contributed by atoms with Crippen LogP contribution in [0.2, 0.25) is 0 Å². The molecule has 0 aliphatic carbocycles. The van der Waals surface area contributed by atoms with Crippen molar-refractivity contribution in [1.29, 1.82) is 0 Å². The van der Waals surface area contributed by atoms with Gasteiger partial charge in [-0.05, 0) is 63.4 Å². The van der Waals surface area contributed by atoms with Crippen LogP contribution in [0, 0.1) is 13.8 Å². The van der Waals surface area contributed by atoms with Crippen molar-refractivity contribution in [3.63, 3.8) is 0 Å². The van der Waals surface area contributed by atoms with Crippen LogP contribution in [0.4, 0.5) is 0 Å². The summed E-state index contributed by atoms with van der Waals surface area (Å²) < 4.78 is 3.86. The minimum Gasteiger partial charge on any atom is -0.258 e. The molecule has 0 aliphatic rings. The third kappa shape index (κ3) is 3.18. The first-order chi connectivity index (χ1) is 10.5. The van der Waals surface area contributed by atoms with E-state index in [-0.39, 0.29) is 0 Å². The number of halogens is 2. The van der Waals surface area contributed by atoms with Crippen LogP contribution in [0.25, 0.3) is 11.3 Å². The molecule has 0 N–H and O–H groups in total. The van der Waals surface area contributed by atoms with Gasteiger partial charge in [0.05, 0.1) is 16.7 Å². The summed E-state index contributed by atoms with van der Waals surface area (Å²) in [6.07, 6.45) is 0. The molecule has 4 heteroatoms. The Morgan fingerprint density at radius 2 is 1.59 bits per heavy atom. The zero-order valence-electron chi connectivity index (χ0n) is 12.5. The van der Waals surface area contributed by atoms with Gasteiger partial charge < -0.3 is 0 Å². The highest BCUT2D eigenvalue weighted by atomic mass is 79.9. The fraction of sp³-hybridized carbons (Fsp3) is 0.167. The molecule has 0 amide bonds. The summed E-state index contributed by atoms with van der Waals surface area (Å²) in [5.41, 5.74) is 6.02. The van der Waals surface area contributed by atoms with Crippen LogP contribution in [0.15, 0.2) is 57.6 Å². The van der Waals surface area contributed by atoms with E-state index in [0.717, 1.165) is 21.3 Å². The van der Waals surface area contributed by atoms with Crippen LogP contribution in [0.5, 0.6) is 0 Å². The Morgan fingerprint density at radius 1 is 0.955 bits per heavy atom. The van der Waals surface area contributed by atoms with Crippen molar-refractivity contribution < 1.29 is 0 Å². The van der Waals surface area contributed by atoms with E-state index in [1.54, 1.807) is 0 Å². The summed E-state index contributed by atoms with van der Waals surface area (Å²) in [4.78, 5) is 0. The number of aromatic nitrogens is 2. The second-order valence-corrected chi connectivity index (χ2v) is 7.02. The van der Waals surface area contributed by atoms with E-state index in [1.807, 2.05) is 10.7 Å². The van der Waals surface area contributed by atoms with Gasteiger partial charge in [0.25, 0.3) is 0 Å². The second-order valence-electron chi connectivity index (χ2n) is 5.47. The van der Waals surface area contributed by atoms with Crippen LogP contribution in [0.3, 0.4) is 0 Å². The van der Waals surface area contributed by atoms with E-state index < -0.39 is 0 Å². The van der Waals surface area contributed by atoms with Gasteiger partial charge in [0.1, 0.15) is 4.60 Å². The minimum absolute atomic E-state index is 0.743. The van der Waals surface area contributed by atoms with Crippen molar-refractivity contribution in [2.24, 2.45) is 0 Å². The first-order valence-corrected chi connectivity index (χ1v) is 8.67. The summed E-state index contributed by atoms with van der Waals surface area (Å²) >= 11 is 7.21. The van der Waals surface area contributed by atoms with Crippen molar-refractivity contribution in [1.82, 2.24) is 9.78 Å². The van der Waals surface area contributed by atoms with E-state index in [0.29, 0.717) is 0 Å². The van der Waals surface area contributed by atoms with Gasteiger partial charge in [-0.3, -0.25) is 4.68 Å². The quantitative estimate of drug-likeness (QED) is 0.529. The van der Waals surface area contributed by atoms with Gasteiger partial charge in [-0.25, -0.2) is 0 Å². The Bertz CT molecular complexity index is 787. The topological polar surface area (TPSA) is 17.8 Å². The normalized spacial score (nSPS) is 10.9. The average molecular weight is 420 g/mol. The molecule has 3 rings (SSSR count). The Kier molecular flexibility index (Phi) is 4.50. The van der Waals surface area contributed by atoms with Gasteiger partial charge in [-0.2, -0.15) is 5.10 Å². The molecule has 0 fully saturated rings. The Labute approximate surface area is 147 Å². The molecule has 0 spiro atoms. The maximum absolute atomic E-state index is 4.63. The lowest BCUT2D eigenvalue weighted by Crippen LogP contribution is -2.04. The molecule has 0 atom stereocenters. The van der Waals surface area contributed by atoms with Gasteiger partial charge >= 0.3 is 0 Å². The lowest BCUT2D eigenvalue weighted by Gasteiger charge is -2.10. The molecular formula is C18H16Br2N2. The van der Waals surface area contributed by atoms with E-state index in [2.05, 4.69) is 93.3 Å². The highest BCUT2D eigenvalue weighted by Gasteiger charge is 2.16. The predicted molar refractivity (Wildman–Crippen MR) is 98.1 cm³/mol. The summed E-state index contributed by atoms with van der Waals surface area (Å²) in [6, 6.07) is 17.0. The van der Waals surface area contributed by atoms with E-state index in [4.69, 9.17) is 0 Å². The Morgan fingerprint density at radius 3 is 2.23 bits per heavy atom. The lowest BCUT2D eigenvalue weighted by atomic mass is 10.0. The minimum atomic E-state index is 0.743. The molecule has 112 valence electrons. The van der Waals surface area contributed by atoms with Crippen molar-refractivity contribution in [3.8, 4) is 11.3 Å². The molecular weight excluding hydrogens is 404 g/mol. The second kappa shape index (κ2) is 6.39. The smallest absolute Gasteiger partial charge is 0.143 e. The summed E-state index contributed by atoms with van der Waals surface area (Å²) in [5, 5.41) is 4.63. The van der Waals surface area contributed by atoms with E-state index in [1.165, 1.54) is 22.3 Å². The zero-order valence-corrected chi connectivity index (χ0v) is 15.6. The van der Waals surface area contributed by atoms with Crippen LogP contribution in [-0.4, -0.2) is 9.78 Å². The number of hydrogen-bond acceptors (Lipinski definition) is 1. The van der Waals surface area contributed by atoms with Crippen LogP contribution >= 0.6 is 31.9 Å². The third-order valence-electron chi connectivity index (χ3n) is 3.53. The zero-order chi connectivity index (χ0) is 15.7. The highest BCUT2D eigenvalue weighted by molar-refractivity contribution is 9.13.